The van der Waals surface area contributed by atoms with Gasteiger partial charge >= 0.3 is 0 Å². The summed E-state index contributed by atoms with van der Waals surface area (Å²) >= 11 is 0. The van der Waals surface area contributed by atoms with Crippen LogP contribution in [0.15, 0.2) is 48.5 Å². The Kier molecular flexibility index (Phi) is 4.03. The van der Waals surface area contributed by atoms with Gasteiger partial charge in [-0.2, -0.15) is 0 Å². The third-order valence-corrected chi connectivity index (χ3v) is 4.17. The van der Waals surface area contributed by atoms with Crippen LogP contribution in [0.5, 0.6) is 0 Å². The van der Waals surface area contributed by atoms with Gasteiger partial charge in [-0.05, 0) is 55.1 Å². The summed E-state index contributed by atoms with van der Waals surface area (Å²) in [6, 6.07) is 16.8. The lowest BCUT2D eigenvalue weighted by Crippen LogP contribution is -2.22. The number of rotatable bonds is 4. The number of benzene rings is 2. The van der Waals surface area contributed by atoms with E-state index in [1.807, 2.05) is 6.07 Å². The Morgan fingerprint density at radius 1 is 0.900 bits per heavy atom. The molecular weight excluding hydrogens is 244 g/mol. The van der Waals surface area contributed by atoms with E-state index in [1.54, 1.807) is 0 Å². The molecule has 0 saturated carbocycles. The van der Waals surface area contributed by atoms with Gasteiger partial charge in [-0.15, -0.1) is 0 Å². The van der Waals surface area contributed by atoms with Gasteiger partial charge in [-0.25, -0.2) is 0 Å². The first kappa shape index (κ1) is 13.2. The van der Waals surface area contributed by atoms with Crippen molar-refractivity contribution in [3.05, 3.63) is 54.1 Å². The molecule has 0 radical (unpaired) electrons. The minimum Gasteiger partial charge on any atom is -0.398 e. The third kappa shape index (κ3) is 2.86. The number of nitrogens with two attached hydrogens (primary N) is 1. The highest BCUT2D eigenvalue weighted by atomic mass is 15.1. The summed E-state index contributed by atoms with van der Waals surface area (Å²) in [5.41, 5.74) is 11.0. The quantitative estimate of drug-likeness (QED) is 0.857. The molecule has 1 aliphatic heterocycles. The lowest BCUT2D eigenvalue weighted by molar-refractivity contribution is 0.344. The third-order valence-electron chi connectivity index (χ3n) is 4.17. The standard InChI is InChI=1S/C18H22N2/c19-18-10-6-9-16(15-7-2-1-3-8-15)17(18)11-14-20-12-4-5-13-20/h1-3,6-10H,4-5,11-14,19H2. The first-order valence-electron chi connectivity index (χ1n) is 7.50. The van der Waals surface area contributed by atoms with Crippen LogP contribution in [0.3, 0.4) is 0 Å². The molecule has 0 amide bonds. The van der Waals surface area contributed by atoms with Gasteiger partial charge in [-0.3, -0.25) is 0 Å². The van der Waals surface area contributed by atoms with Gasteiger partial charge in [0, 0.05) is 12.2 Å². The van der Waals surface area contributed by atoms with Crippen molar-refractivity contribution in [2.45, 2.75) is 19.3 Å². The monoisotopic (exact) mass is 266 g/mol. The smallest absolute Gasteiger partial charge is 0.0353 e. The van der Waals surface area contributed by atoms with Crippen LogP contribution in [0.4, 0.5) is 5.69 Å². The highest BCUT2D eigenvalue weighted by Gasteiger charge is 2.14. The van der Waals surface area contributed by atoms with Gasteiger partial charge in [0.05, 0.1) is 0 Å². The summed E-state index contributed by atoms with van der Waals surface area (Å²) in [6.07, 6.45) is 3.72. The molecule has 20 heavy (non-hydrogen) atoms. The van der Waals surface area contributed by atoms with Crippen molar-refractivity contribution in [2.75, 3.05) is 25.4 Å². The molecule has 1 saturated heterocycles. The van der Waals surface area contributed by atoms with Crippen LogP contribution in [0.1, 0.15) is 18.4 Å². The minimum absolute atomic E-state index is 0.922. The summed E-state index contributed by atoms with van der Waals surface area (Å²) in [7, 11) is 0. The van der Waals surface area contributed by atoms with E-state index in [0.717, 1.165) is 18.7 Å². The Morgan fingerprint density at radius 2 is 1.65 bits per heavy atom. The number of hydrogen-bond donors (Lipinski definition) is 1. The van der Waals surface area contributed by atoms with Gasteiger partial charge in [0.2, 0.25) is 0 Å². The second kappa shape index (κ2) is 6.10. The molecular formula is C18H22N2. The molecule has 1 fully saturated rings. The summed E-state index contributed by atoms with van der Waals surface area (Å²) in [5.74, 6) is 0. The molecule has 1 heterocycles. The zero-order valence-corrected chi connectivity index (χ0v) is 11.9. The van der Waals surface area contributed by atoms with E-state index in [-0.39, 0.29) is 0 Å². The van der Waals surface area contributed by atoms with Crippen molar-refractivity contribution in [3.63, 3.8) is 0 Å². The largest absolute Gasteiger partial charge is 0.398 e. The molecule has 0 aliphatic carbocycles. The van der Waals surface area contributed by atoms with E-state index in [1.165, 1.54) is 42.6 Å². The highest BCUT2D eigenvalue weighted by Crippen LogP contribution is 2.28. The van der Waals surface area contributed by atoms with Crippen molar-refractivity contribution in [1.29, 1.82) is 0 Å². The molecule has 2 heteroatoms. The number of nitrogens with zero attached hydrogens (tertiary/aromatic N) is 1. The van der Waals surface area contributed by atoms with Crippen molar-refractivity contribution in [2.24, 2.45) is 0 Å². The number of hydrogen-bond acceptors (Lipinski definition) is 2. The van der Waals surface area contributed by atoms with Gasteiger partial charge in [0.1, 0.15) is 0 Å². The Balaban J connectivity index is 1.85. The first-order chi connectivity index (χ1) is 9.84. The molecule has 0 bridgehead atoms. The maximum Gasteiger partial charge on any atom is 0.0353 e. The topological polar surface area (TPSA) is 29.3 Å². The van der Waals surface area contributed by atoms with Gasteiger partial charge in [-0.1, -0.05) is 42.5 Å². The molecule has 0 unspecified atom stereocenters. The summed E-state index contributed by atoms with van der Waals surface area (Å²) in [6.45, 7) is 3.61. The Hall–Kier alpha value is -1.80. The molecule has 0 spiro atoms. The average molecular weight is 266 g/mol. The minimum atomic E-state index is 0.922. The maximum atomic E-state index is 6.22. The van der Waals surface area contributed by atoms with E-state index in [2.05, 4.69) is 47.4 Å². The number of nitrogen functional groups attached to an aromatic ring is 1. The van der Waals surface area contributed by atoms with Crippen LogP contribution in [0.2, 0.25) is 0 Å². The molecule has 104 valence electrons. The first-order valence-corrected chi connectivity index (χ1v) is 7.50. The maximum absolute atomic E-state index is 6.22. The molecule has 0 atom stereocenters. The fourth-order valence-electron chi connectivity index (χ4n) is 3.05. The lowest BCUT2D eigenvalue weighted by atomic mass is 9.96. The summed E-state index contributed by atoms with van der Waals surface area (Å²) in [5, 5.41) is 0. The zero-order valence-electron chi connectivity index (χ0n) is 11.9. The SMILES string of the molecule is Nc1cccc(-c2ccccc2)c1CCN1CCCC1. The van der Waals surface area contributed by atoms with Crippen molar-refractivity contribution >= 4 is 5.69 Å². The summed E-state index contributed by atoms with van der Waals surface area (Å²) < 4.78 is 0. The molecule has 2 N–H and O–H groups in total. The van der Waals surface area contributed by atoms with E-state index in [0.29, 0.717) is 0 Å². The Bertz CT molecular complexity index is 557. The van der Waals surface area contributed by atoms with Crippen LogP contribution in [0.25, 0.3) is 11.1 Å². The van der Waals surface area contributed by atoms with Gasteiger partial charge in [0.25, 0.3) is 0 Å². The molecule has 2 aromatic rings. The summed E-state index contributed by atoms with van der Waals surface area (Å²) in [4.78, 5) is 2.54. The van der Waals surface area contributed by atoms with Crippen LogP contribution in [0, 0.1) is 0 Å². The molecule has 1 aliphatic rings. The fraction of sp³-hybridized carbons (Fsp3) is 0.333. The predicted octanol–water partition coefficient (Wildman–Crippen LogP) is 3.57. The van der Waals surface area contributed by atoms with E-state index >= 15 is 0 Å². The van der Waals surface area contributed by atoms with Crippen LogP contribution in [-0.4, -0.2) is 24.5 Å². The molecule has 3 rings (SSSR count). The predicted molar refractivity (Wildman–Crippen MR) is 85.7 cm³/mol. The average Bonchev–Trinajstić information content (AvgIpc) is 3.00. The Morgan fingerprint density at radius 3 is 2.40 bits per heavy atom. The second-order valence-electron chi connectivity index (χ2n) is 5.54. The van der Waals surface area contributed by atoms with E-state index in [9.17, 15) is 0 Å². The number of anilines is 1. The number of likely N-dealkylation sites (tertiary alicyclic amines) is 1. The van der Waals surface area contributed by atoms with Crippen LogP contribution in [-0.2, 0) is 6.42 Å². The normalized spacial score (nSPS) is 15.6. The van der Waals surface area contributed by atoms with Crippen molar-refractivity contribution in [1.82, 2.24) is 4.90 Å². The Labute approximate surface area is 121 Å². The van der Waals surface area contributed by atoms with Crippen molar-refractivity contribution in [3.8, 4) is 11.1 Å². The van der Waals surface area contributed by atoms with Crippen LogP contribution < -0.4 is 5.73 Å². The van der Waals surface area contributed by atoms with E-state index in [4.69, 9.17) is 5.73 Å². The molecule has 0 aromatic heterocycles. The second-order valence-corrected chi connectivity index (χ2v) is 5.54. The van der Waals surface area contributed by atoms with Gasteiger partial charge in [0.15, 0.2) is 0 Å². The van der Waals surface area contributed by atoms with E-state index < -0.39 is 0 Å². The molecule has 2 nitrogen and oxygen atoms in total. The molecule has 2 aromatic carbocycles. The lowest BCUT2D eigenvalue weighted by Gasteiger charge is -2.17. The van der Waals surface area contributed by atoms with Gasteiger partial charge < -0.3 is 10.6 Å². The van der Waals surface area contributed by atoms with Crippen LogP contribution >= 0.6 is 0 Å². The van der Waals surface area contributed by atoms with Crippen molar-refractivity contribution < 1.29 is 0 Å². The highest BCUT2D eigenvalue weighted by molar-refractivity contribution is 5.73. The zero-order chi connectivity index (χ0) is 13.8. The fourth-order valence-corrected chi connectivity index (χ4v) is 3.05.